The molecule has 4 fully saturated rings. The van der Waals surface area contributed by atoms with Crippen molar-refractivity contribution >= 4 is 17.7 Å². The van der Waals surface area contributed by atoms with Crippen molar-refractivity contribution in [2.75, 3.05) is 45.0 Å². The van der Waals surface area contributed by atoms with Crippen LogP contribution < -0.4 is 15.8 Å². The van der Waals surface area contributed by atoms with E-state index >= 15 is 0 Å². The Hall–Kier alpha value is -2.48. The molecule has 4 aliphatic rings. The number of nitrogens with zero attached hydrogens (tertiary/aromatic N) is 2. The SMILES string of the molecule is Nc1ccc(OC2CCN(C(=O)C3CCC(CN4CC5(CCNCC5)OC4=O)CC3)CC2)cc1. The summed E-state index contributed by atoms with van der Waals surface area (Å²) in [5, 5.41) is 3.35. The highest BCUT2D eigenvalue weighted by Crippen LogP contribution is 2.35. The Labute approximate surface area is 202 Å². The van der Waals surface area contributed by atoms with Crippen LogP contribution >= 0.6 is 0 Å². The molecule has 0 unspecified atom stereocenters. The summed E-state index contributed by atoms with van der Waals surface area (Å²) < 4.78 is 11.9. The predicted octanol–water partition coefficient (Wildman–Crippen LogP) is 3.02. The second-order valence-electron chi connectivity index (χ2n) is 10.6. The zero-order chi connectivity index (χ0) is 23.5. The van der Waals surface area contributed by atoms with E-state index in [1.165, 1.54) is 0 Å². The summed E-state index contributed by atoms with van der Waals surface area (Å²) in [5.41, 5.74) is 6.19. The van der Waals surface area contributed by atoms with Crippen LogP contribution in [0.15, 0.2) is 24.3 Å². The highest BCUT2D eigenvalue weighted by Gasteiger charge is 2.46. The highest BCUT2D eigenvalue weighted by atomic mass is 16.6. The van der Waals surface area contributed by atoms with Gasteiger partial charge in [-0.1, -0.05) is 0 Å². The molecule has 1 aromatic carbocycles. The number of nitrogens with two attached hydrogens (primary N) is 1. The number of ether oxygens (including phenoxy) is 2. The number of carbonyl (C=O) groups is 2. The Balaban J connectivity index is 1.04. The predicted molar refractivity (Wildman–Crippen MR) is 129 cm³/mol. The first-order chi connectivity index (χ1) is 16.5. The van der Waals surface area contributed by atoms with Gasteiger partial charge in [0, 0.05) is 56.9 Å². The highest BCUT2D eigenvalue weighted by molar-refractivity contribution is 5.79. The molecule has 3 N–H and O–H groups in total. The van der Waals surface area contributed by atoms with Gasteiger partial charge in [0.15, 0.2) is 0 Å². The molecule has 1 aromatic rings. The van der Waals surface area contributed by atoms with Crippen molar-refractivity contribution in [3.8, 4) is 5.75 Å². The summed E-state index contributed by atoms with van der Waals surface area (Å²) in [6, 6.07) is 7.50. The third-order valence-corrected chi connectivity index (χ3v) is 8.17. The second kappa shape index (κ2) is 10.0. The maximum atomic E-state index is 13.1. The normalized spacial score (nSPS) is 27.6. The molecule has 1 aliphatic carbocycles. The lowest BCUT2D eigenvalue weighted by molar-refractivity contribution is -0.138. The summed E-state index contributed by atoms with van der Waals surface area (Å²) in [5.74, 6) is 1.73. The molecule has 2 amide bonds. The fourth-order valence-corrected chi connectivity index (χ4v) is 6.07. The molecule has 34 heavy (non-hydrogen) atoms. The van der Waals surface area contributed by atoms with E-state index in [0.29, 0.717) is 11.8 Å². The molecule has 1 saturated carbocycles. The van der Waals surface area contributed by atoms with Gasteiger partial charge in [0.1, 0.15) is 17.5 Å². The van der Waals surface area contributed by atoms with Crippen LogP contribution in [0.1, 0.15) is 51.4 Å². The van der Waals surface area contributed by atoms with Crippen molar-refractivity contribution in [1.29, 1.82) is 0 Å². The number of nitrogens with one attached hydrogen (secondary N) is 1. The first-order valence-electron chi connectivity index (χ1n) is 13.0. The van der Waals surface area contributed by atoms with E-state index in [9.17, 15) is 9.59 Å². The molecular weight excluding hydrogens is 432 g/mol. The average molecular weight is 471 g/mol. The van der Waals surface area contributed by atoms with Gasteiger partial charge in [0.05, 0.1) is 6.54 Å². The first kappa shape index (κ1) is 23.3. The van der Waals surface area contributed by atoms with Crippen LogP contribution in [0.4, 0.5) is 10.5 Å². The van der Waals surface area contributed by atoms with Crippen LogP contribution in [0.25, 0.3) is 0 Å². The quantitative estimate of drug-likeness (QED) is 0.642. The minimum absolute atomic E-state index is 0.118. The Kier molecular flexibility index (Phi) is 6.86. The monoisotopic (exact) mass is 470 g/mol. The average Bonchev–Trinajstić information content (AvgIpc) is 3.15. The van der Waals surface area contributed by atoms with Crippen LogP contribution in [-0.2, 0) is 9.53 Å². The molecule has 8 heteroatoms. The molecule has 3 heterocycles. The number of rotatable bonds is 5. The molecule has 3 saturated heterocycles. The number of nitrogen functional groups attached to an aromatic ring is 1. The van der Waals surface area contributed by atoms with E-state index in [2.05, 4.69) is 5.32 Å². The fraction of sp³-hybridized carbons (Fsp3) is 0.692. The van der Waals surface area contributed by atoms with Crippen molar-refractivity contribution < 1.29 is 19.1 Å². The summed E-state index contributed by atoms with van der Waals surface area (Å²) in [6.45, 7) is 4.84. The summed E-state index contributed by atoms with van der Waals surface area (Å²) in [6.07, 6.45) is 7.37. The topological polar surface area (TPSA) is 97.1 Å². The van der Waals surface area contributed by atoms with Gasteiger partial charge in [0.2, 0.25) is 5.91 Å². The molecule has 0 aromatic heterocycles. The van der Waals surface area contributed by atoms with Gasteiger partial charge in [-0.15, -0.1) is 0 Å². The summed E-state index contributed by atoms with van der Waals surface area (Å²) in [7, 11) is 0. The number of carbonyl (C=O) groups excluding carboxylic acids is 2. The van der Waals surface area contributed by atoms with Crippen molar-refractivity contribution in [2.24, 2.45) is 11.8 Å². The molecule has 3 aliphatic heterocycles. The van der Waals surface area contributed by atoms with Gasteiger partial charge in [-0.25, -0.2) is 4.79 Å². The third-order valence-electron chi connectivity index (χ3n) is 8.17. The number of hydrogen-bond donors (Lipinski definition) is 2. The minimum atomic E-state index is -0.279. The molecule has 5 rings (SSSR count). The van der Waals surface area contributed by atoms with Gasteiger partial charge in [0.25, 0.3) is 0 Å². The maximum absolute atomic E-state index is 13.1. The number of piperidine rings is 2. The van der Waals surface area contributed by atoms with E-state index < -0.39 is 0 Å². The van der Waals surface area contributed by atoms with Crippen LogP contribution in [-0.4, -0.2) is 72.8 Å². The molecule has 1 spiro atoms. The minimum Gasteiger partial charge on any atom is -0.490 e. The van der Waals surface area contributed by atoms with Crippen molar-refractivity contribution in [3.05, 3.63) is 24.3 Å². The second-order valence-corrected chi connectivity index (χ2v) is 10.6. The third kappa shape index (κ3) is 5.27. The summed E-state index contributed by atoms with van der Waals surface area (Å²) >= 11 is 0. The van der Waals surface area contributed by atoms with Crippen molar-refractivity contribution in [3.63, 3.8) is 0 Å². The maximum Gasteiger partial charge on any atom is 0.410 e. The van der Waals surface area contributed by atoms with E-state index in [4.69, 9.17) is 15.2 Å². The van der Waals surface area contributed by atoms with Gasteiger partial charge < -0.3 is 30.3 Å². The van der Waals surface area contributed by atoms with Gasteiger partial charge in [-0.3, -0.25) is 4.79 Å². The lowest BCUT2D eigenvalue weighted by Gasteiger charge is -2.37. The van der Waals surface area contributed by atoms with E-state index in [1.54, 1.807) is 0 Å². The fourth-order valence-electron chi connectivity index (χ4n) is 6.07. The molecule has 0 radical (unpaired) electrons. The molecule has 186 valence electrons. The van der Waals surface area contributed by atoms with Crippen LogP contribution in [0.2, 0.25) is 0 Å². The zero-order valence-corrected chi connectivity index (χ0v) is 20.0. The number of amides is 2. The van der Waals surface area contributed by atoms with Crippen molar-refractivity contribution in [2.45, 2.75) is 63.1 Å². The molecular formula is C26H38N4O4. The number of anilines is 1. The standard InChI is InChI=1S/C26H38N4O4/c27-21-5-7-22(8-6-21)33-23-9-15-29(16-10-23)24(31)20-3-1-19(2-4-20)17-30-18-26(34-25(30)32)11-13-28-14-12-26/h5-8,19-20,23,28H,1-4,9-18,27H2. The number of likely N-dealkylation sites (tertiary alicyclic amines) is 1. The van der Waals surface area contributed by atoms with E-state index in [0.717, 1.165) is 102 Å². The zero-order valence-electron chi connectivity index (χ0n) is 20.0. The number of hydrogen-bond acceptors (Lipinski definition) is 6. The Morgan fingerprint density at radius 1 is 1.06 bits per heavy atom. The number of benzene rings is 1. The lowest BCUT2D eigenvalue weighted by atomic mass is 9.80. The largest absolute Gasteiger partial charge is 0.490 e. The molecule has 8 nitrogen and oxygen atoms in total. The Morgan fingerprint density at radius 2 is 1.74 bits per heavy atom. The van der Waals surface area contributed by atoms with Gasteiger partial charge >= 0.3 is 6.09 Å². The lowest BCUT2D eigenvalue weighted by Crippen LogP contribution is -2.46. The van der Waals surface area contributed by atoms with Gasteiger partial charge in [-0.2, -0.15) is 0 Å². The Bertz CT molecular complexity index is 854. The van der Waals surface area contributed by atoms with Gasteiger partial charge in [-0.05, 0) is 69.0 Å². The smallest absolute Gasteiger partial charge is 0.410 e. The first-order valence-corrected chi connectivity index (χ1v) is 13.0. The van der Waals surface area contributed by atoms with Crippen LogP contribution in [0.5, 0.6) is 5.75 Å². The Morgan fingerprint density at radius 3 is 2.41 bits per heavy atom. The molecule has 0 bridgehead atoms. The van der Waals surface area contributed by atoms with Crippen LogP contribution in [0.3, 0.4) is 0 Å². The summed E-state index contributed by atoms with van der Waals surface area (Å²) in [4.78, 5) is 29.6. The van der Waals surface area contributed by atoms with Crippen molar-refractivity contribution in [1.82, 2.24) is 15.1 Å². The van der Waals surface area contributed by atoms with E-state index in [1.807, 2.05) is 34.1 Å². The van der Waals surface area contributed by atoms with Crippen LogP contribution in [0, 0.1) is 11.8 Å². The van der Waals surface area contributed by atoms with E-state index in [-0.39, 0.29) is 23.7 Å². The molecule has 0 atom stereocenters.